The Labute approximate surface area is 166 Å². The Balaban J connectivity index is 2.07. The minimum absolute atomic E-state index is 0.183. The zero-order valence-electron chi connectivity index (χ0n) is 15.2. The van der Waals surface area contributed by atoms with Gasteiger partial charge in [-0.2, -0.15) is 0 Å². The van der Waals surface area contributed by atoms with Gasteiger partial charge in [0, 0.05) is 16.0 Å². The van der Waals surface area contributed by atoms with Crippen LogP contribution in [-0.2, 0) is 6.54 Å². The van der Waals surface area contributed by atoms with E-state index in [4.69, 9.17) is 16.3 Å². The van der Waals surface area contributed by atoms with Gasteiger partial charge in [0.1, 0.15) is 5.82 Å². The molecule has 1 aromatic heterocycles. The zero-order chi connectivity index (χ0) is 19.7. The Morgan fingerprint density at radius 2 is 1.75 bits per heavy atom. The summed E-state index contributed by atoms with van der Waals surface area (Å²) in [5, 5.41) is 1.17. The molecule has 0 aliphatic heterocycles. The molecule has 0 fully saturated rings. The molecule has 3 nitrogen and oxygen atoms in total. The lowest BCUT2D eigenvalue weighted by atomic mass is 9.99. The summed E-state index contributed by atoms with van der Waals surface area (Å²) in [6.45, 7) is 0.183. The van der Waals surface area contributed by atoms with Crippen molar-refractivity contribution >= 4 is 22.5 Å². The first kappa shape index (κ1) is 18.3. The van der Waals surface area contributed by atoms with E-state index in [0.717, 1.165) is 11.1 Å². The van der Waals surface area contributed by atoms with Crippen molar-refractivity contribution in [2.45, 2.75) is 6.54 Å². The third kappa shape index (κ3) is 3.16. The molecule has 0 spiro atoms. The molecular formula is C23H17ClFNO2. The van der Waals surface area contributed by atoms with Crippen LogP contribution in [0.1, 0.15) is 5.56 Å². The first-order valence-electron chi connectivity index (χ1n) is 8.79. The van der Waals surface area contributed by atoms with Crippen molar-refractivity contribution in [3.63, 3.8) is 0 Å². The molecule has 4 aromatic rings. The fourth-order valence-electron chi connectivity index (χ4n) is 3.49. The maximum absolute atomic E-state index is 14.9. The van der Waals surface area contributed by atoms with Crippen LogP contribution in [0.25, 0.3) is 22.0 Å². The summed E-state index contributed by atoms with van der Waals surface area (Å²) in [5.74, 6) is -0.275. The standard InChI is InChI=1S/C23H17ClFNO2/c1-28-22-20(16-8-3-2-4-9-16)18-11-6-12-19(25)21(18)26(23(22)27)14-15-7-5-10-17(24)13-15/h2-13H,14H2,1H3. The minimum atomic E-state index is -0.462. The Morgan fingerprint density at radius 1 is 1.00 bits per heavy atom. The van der Waals surface area contributed by atoms with E-state index in [-0.39, 0.29) is 23.4 Å². The molecular weight excluding hydrogens is 377 g/mol. The van der Waals surface area contributed by atoms with E-state index < -0.39 is 5.82 Å². The molecule has 140 valence electrons. The number of ether oxygens (including phenoxy) is 1. The highest BCUT2D eigenvalue weighted by Crippen LogP contribution is 2.35. The molecule has 0 aliphatic carbocycles. The molecule has 0 unspecified atom stereocenters. The lowest BCUT2D eigenvalue weighted by Crippen LogP contribution is -2.24. The molecule has 0 bridgehead atoms. The van der Waals surface area contributed by atoms with Crippen molar-refractivity contribution in [3.8, 4) is 16.9 Å². The van der Waals surface area contributed by atoms with Crippen LogP contribution in [0.2, 0.25) is 5.02 Å². The van der Waals surface area contributed by atoms with Crippen molar-refractivity contribution in [1.82, 2.24) is 4.57 Å². The SMILES string of the molecule is COc1c(-c2ccccc2)c2cccc(F)c2n(Cc2cccc(Cl)c2)c1=O. The number of rotatable bonds is 4. The number of benzene rings is 3. The Kier molecular flexibility index (Phi) is 4.88. The lowest BCUT2D eigenvalue weighted by Gasteiger charge is -2.18. The summed E-state index contributed by atoms with van der Waals surface area (Å²) >= 11 is 6.08. The van der Waals surface area contributed by atoms with Gasteiger partial charge in [-0.05, 0) is 29.3 Å². The average Bonchev–Trinajstić information content (AvgIpc) is 2.70. The number of hydrogen-bond donors (Lipinski definition) is 0. The number of halogens is 2. The van der Waals surface area contributed by atoms with Crippen molar-refractivity contribution in [2.75, 3.05) is 7.11 Å². The molecule has 0 aliphatic rings. The summed E-state index contributed by atoms with van der Waals surface area (Å²) in [6, 6.07) is 21.4. The molecule has 3 aromatic carbocycles. The quantitative estimate of drug-likeness (QED) is 0.457. The van der Waals surface area contributed by atoms with Gasteiger partial charge in [-0.15, -0.1) is 0 Å². The van der Waals surface area contributed by atoms with E-state index in [1.54, 1.807) is 30.3 Å². The summed E-state index contributed by atoms with van der Waals surface area (Å²) in [5.41, 5.74) is 2.03. The Morgan fingerprint density at radius 3 is 2.46 bits per heavy atom. The van der Waals surface area contributed by atoms with Crippen LogP contribution in [0.3, 0.4) is 0 Å². The number of methoxy groups -OCH3 is 1. The van der Waals surface area contributed by atoms with Crippen LogP contribution in [0.15, 0.2) is 77.6 Å². The van der Waals surface area contributed by atoms with E-state index in [0.29, 0.717) is 16.0 Å². The van der Waals surface area contributed by atoms with Gasteiger partial charge < -0.3 is 4.74 Å². The molecule has 0 saturated carbocycles. The number of fused-ring (bicyclic) bond motifs is 1. The van der Waals surface area contributed by atoms with Gasteiger partial charge in [0.25, 0.3) is 5.56 Å². The molecule has 0 amide bonds. The van der Waals surface area contributed by atoms with E-state index in [2.05, 4.69) is 0 Å². The number of nitrogens with zero attached hydrogens (tertiary/aromatic N) is 1. The van der Waals surface area contributed by atoms with Crippen LogP contribution >= 0.6 is 11.6 Å². The second-order valence-electron chi connectivity index (χ2n) is 6.43. The number of pyridine rings is 1. The largest absolute Gasteiger partial charge is 0.491 e. The molecule has 1 heterocycles. The molecule has 0 atom stereocenters. The zero-order valence-corrected chi connectivity index (χ0v) is 15.9. The summed E-state index contributed by atoms with van der Waals surface area (Å²) < 4.78 is 21.8. The maximum Gasteiger partial charge on any atom is 0.294 e. The van der Waals surface area contributed by atoms with Crippen LogP contribution in [0.4, 0.5) is 4.39 Å². The summed E-state index contributed by atoms with van der Waals surface area (Å²) in [6.07, 6.45) is 0. The van der Waals surface area contributed by atoms with E-state index in [9.17, 15) is 9.18 Å². The summed E-state index contributed by atoms with van der Waals surface area (Å²) in [7, 11) is 1.46. The topological polar surface area (TPSA) is 31.2 Å². The Hall–Kier alpha value is -3.11. The smallest absolute Gasteiger partial charge is 0.294 e. The molecule has 0 N–H and O–H groups in total. The average molecular weight is 394 g/mol. The predicted molar refractivity (Wildman–Crippen MR) is 111 cm³/mol. The summed E-state index contributed by atoms with van der Waals surface area (Å²) in [4.78, 5) is 13.3. The number of para-hydroxylation sites is 1. The fraction of sp³-hybridized carbons (Fsp3) is 0.0870. The molecule has 4 rings (SSSR count). The van der Waals surface area contributed by atoms with Crippen LogP contribution < -0.4 is 10.3 Å². The molecule has 28 heavy (non-hydrogen) atoms. The second kappa shape index (κ2) is 7.49. The predicted octanol–water partition coefficient (Wildman–Crippen LogP) is 5.52. The third-order valence-electron chi connectivity index (χ3n) is 4.69. The third-order valence-corrected chi connectivity index (χ3v) is 4.92. The highest BCUT2D eigenvalue weighted by Gasteiger charge is 2.21. The van der Waals surface area contributed by atoms with E-state index in [1.807, 2.05) is 36.4 Å². The maximum atomic E-state index is 14.9. The van der Waals surface area contributed by atoms with Crippen molar-refractivity contribution in [3.05, 3.63) is 99.6 Å². The number of aromatic nitrogens is 1. The fourth-order valence-corrected chi connectivity index (χ4v) is 3.71. The van der Waals surface area contributed by atoms with Crippen LogP contribution in [0, 0.1) is 5.82 Å². The Bertz CT molecular complexity index is 1220. The highest BCUT2D eigenvalue weighted by molar-refractivity contribution is 6.30. The monoisotopic (exact) mass is 393 g/mol. The lowest BCUT2D eigenvalue weighted by molar-refractivity contribution is 0.406. The van der Waals surface area contributed by atoms with E-state index in [1.165, 1.54) is 17.7 Å². The van der Waals surface area contributed by atoms with Crippen molar-refractivity contribution < 1.29 is 9.13 Å². The van der Waals surface area contributed by atoms with Crippen LogP contribution in [-0.4, -0.2) is 11.7 Å². The minimum Gasteiger partial charge on any atom is -0.491 e. The van der Waals surface area contributed by atoms with Gasteiger partial charge in [0.15, 0.2) is 5.75 Å². The highest BCUT2D eigenvalue weighted by atomic mass is 35.5. The molecule has 0 saturated heterocycles. The normalized spacial score (nSPS) is 11.0. The second-order valence-corrected chi connectivity index (χ2v) is 6.87. The first-order chi connectivity index (χ1) is 13.6. The van der Waals surface area contributed by atoms with Gasteiger partial charge in [-0.3, -0.25) is 9.36 Å². The molecule has 5 heteroatoms. The first-order valence-corrected chi connectivity index (χ1v) is 9.17. The van der Waals surface area contributed by atoms with Gasteiger partial charge in [0.05, 0.1) is 19.2 Å². The van der Waals surface area contributed by atoms with Crippen LogP contribution in [0.5, 0.6) is 5.75 Å². The van der Waals surface area contributed by atoms with Gasteiger partial charge >= 0.3 is 0 Å². The van der Waals surface area contributed by atoms with Gasteiger partial charge in [-0.25, -0.2) is 4.39 Å². The van der Waals surface area contributed by atoms with Gasteiger partial charge in [-0.1, -0.05) is 66.2 Å². The van der Waals surface area contributed by atoms with Crippen molar-refractivity contribution in [2.24, 2.45) is 0 Å². The van der Waals surface area contributed by atoms with Gasteiger partial charge in [0.2, 0.25) is 0 Å². The number of hydrogen-bond acceptors (Lipinski definition) is 2. The van der Waals surface area contributed by atoms with Crippen molar-refractivity contribution in [1.29, 1.82) is 0 Å². The molecule has 0 radical (unpaired) electrons. The van der Waals surface area contributed by atoms with E-state index >= 15 is 0 Å².